The second-order valence-corrected chi connectivity index (χ2v) is 8.93. The number of benzene rings is 2. The van der Waals surface area contributed by atoms with Gasteiger partial charge in [0.05, 0.1) is 28.9 Å². The fourth-order valence-corrected chi connectivity index (χ4v) is 4.42. The molecule has 0 spiro atoms. The summed E-state index contributed by atoms with van der Waals surface area (Å²) < 4.78 is 28.8. The summed E-state index contributed by atoms with van der Waals surface area (Å²) in [5.74, 6) is -0.0631. The van der Waals surface area contributed by atoms with Crippen molar-refractivity contribution in [2.75, 3.05) is 5.01 Å². The van der Waals surface area contributed by atoms with Gasteiger partial charge in [0.2, 0.25) is 0 Å². The zero-order chi connectivity index (χ0) is 22.7. The highest BCUT2D eigenvalue weighted by molar-refractivity contribution is 7.84. The van der Waals surface area contributed by atoms with Gasteiger partial charge in [-0.3, -0.25) is 5.01 Å². The Bertz CT molecular complexity index is 1380. The molecular formula is C20H15ClN6O3S2. The Labute approximate surface area is 193 Å². The van der Waals surface area contributed by atoms with E-state index >= 15 is 0 Å². The monoisotopic (exact) mass is 486 g/mol. The van der Waals surface area contributed by atoms with E-state index in [1.165, 1.54) is 6.07 Å². The zero-order valence-corrected chi connectivity index (χ0v) is 18.7. The molecule has 0 saturated heterocycles. The molecule has 9 nitrogen and oxygen atoms in total. The number of rotatable bonds is 7. The van der Waals surface area contributed by atoms with Crippen LogP contribution in [0.15, 0.2) is 65.9 Å². The van der Waals surface area contributed by atoms with Crippen molar-refractivity contribution in [3.8, 4) is 22.9 Å². The van der Waals surface area contributed by atoms with Crippen LogP contribution in [0.4, 0.5) is 5.69 Å². The number of anilines is 1. The molecule has 0 atom stereocenters. The number of nitriles is 1. The maximum absolute atomic E-state index is 11.2. The van der Waals surface area contributed by atoms with E-state index in [1.54, 1.807) is 46.9 Å². The smallest absolute Gasteiger partial charge is 0.369 e. The fourth-order valence-electron chi connectivity index (χ4n) is 3.08. The molecule has 0 saturated carbocycles. The number of hydrogen-bond acceptors (Lipinski definition) is 8. The molecule has 2 aromatic carbocycles. The van der Waals surface area contributed by atoms with E-state index < -0.39 is 10.3 Å². The van der Waals surface area contributed by atoms with Crippen LogP contribution in [0.3, 0.4) is 0 Å². The van der Waals surface area contributed by atoms with Gasteiger partial charge in [0.25, 0.3) is 0 Å². The predicted octanol–water partition coefficient (Wildman–Crippen LogP) is 3.58. The number of thiophene rings is 1. The third-order valence-corrected chi connectivity index (χ3v) is 5.86. The van der Waals surface area contributed by atoms with Crippen molar-refractivity contribution >= 4 is 38.9 Å². The first-order valence-electron chi connectivity index (χ1n) is 9.04. The molecular weight excluding hydrogens is 472 g/mol. The first kappa shape index (κ1) is 21.8. The predicted molar refractivity (Wildman–Crippen MR) is 121 cm³/mol. The lowest BCUT2D eigenvalue weighted by atomic mass is 10.0. The van der Waals surface area contributed by atoms with Gasteiger partial charge >= 0.3 is 10.3 Å². The van der Waals surface area contributed by atoms with E-state index in [-0.39, 0.29) is 10.8 Å². The molecule has 0 aliphatic carbocycles. The van der Waals surface area contributed by atoms with Crippen LogP contribution in [0.1, 0.15) is 11.1 Å². The minimum Gasteiger partial charge on any atom is -0.369 e. The lowest BCUT2D eigenvalue weighted by Crippen LogP contribution is -2.28. The molecule has 2 aromatic heterocycles. The van der Waals surface area contributed by atoms with Crippen molar-refractivity contribution in [2.24, 2.45) is 5.14 Å². The van der Waals surface area contributed by atoms with Crippen molar-refractivity contribution in [1.82, 2.24) is 14.9 Å². The summed E-state index contributed by atoms with van der Waals surface area (Å²) in [6.45, 7) is 0.336. The van der Waals surface area contributed by atoms with Crippen molar-refractivity contribution in [3.63, 3.8) is 0 Å². The Morgan fingerprint density at radius 3 is 2.59 bits per heavy atom. The van der Waals surface area contributed by atoms with Crippen LogP contribution >= 0.6 is 22.9 Å². The first-order valence-corrected chi connectivity index (χ1v) is 11.8. The molecule has 32 heavy (non-hydrogen) atoms. The Kier molecular flexibility index (Phi) is 6.11. The maximum atomic E-state index is 11.2. The molecule has 0 amide bonds. The number of nitrogens with zero attached hydrogens (tertiary/aromatic N) is 5. The van der Waals surface area contributed by atoms with E-state index in [9.17, 15) is 13.7 Å². The molecule has 162 valence electrons. The molecule has 2 heterocycles. The van der Waals surface area contributed by atoms with Gasteiger partial charge in [-0.2, -0.15) is 30.2 Å². The fraction of sp³-hybridized carbons (Fsp3) is 0.0500. The number of hydrogen-bond donors (Lipinski definition) is 1. The lowest BCUT2D eigenvalue weighted by Gasteiger charge is -2.26. The summed E-state index contributed by atoms with van der Waals surface area (Å²) in [5, 5.41) is 28.1. The van der Waals surface area contributed by atoms with E-state index in [0.29, 0.717) is 12.1 Å². The minimum atomic E-state index is -4.19. The van der Waals surface area contributed by atoms with Gasteiger partial charge in [-0.15, -0.1) is 10.2 Å². The summed E-state index contributed by atoms with van der Waals surface area (Å²) in [6.07, 6.45) is 3.09. The highest BCUT2D eigenvalue weighted by Crippen LogP contribution is 2.32. The van der Waals surface area contributed by atoms with Crippen molar-refractivity contribution in [1.29, 1.82) is 5.26 Å². The normalized spacial score (nSPS) is 11.2. The Balaban J connectivity index is 1.72. The van der Waals surface area contributed by atoms with E-state index in [1.807, 2.05) is 34.0 Å². The highest BCUT2D eigenvalue weighted by atomic mass is 35.5. The van der Waals surface area contributed by atoms with Crippen LogP contribution in [-0.2, 0) is 16.8 Å². The van der Waals surface area contributed by atoms with Gasteiger partial charge in [0.1, 0.15) is 12.7 Å². The molecule has 2 N–H and O–H groups in total. The quantitative estimate of drug-likeness (QED) is 0.422. The van der Waals surface area contributed by atoms with Gasteiger partial charge < -0.3 is 4.18 Å². The average molecular weight is 487 g/mol. The third kappa shape index (κ3) is 4.90. The summed E-state index contributed by atoms with van der Waals surface area (Å²) in [7, 11) is -4.19. The molecule has 0 aliphatic rings. The molecule has 0 fully saturated rings. The molecule has 0 radical (unpaired) electrons. The first-order chi connectivity index (χ1) is 15.3. The van der Waals surface area contributed by atoms with Crippen molar-refractivity contribution < 1.29 is 12.6 Å². The Morgan fingerprint density at radius 1 is 1.19 bits per heavy atom. The second-order valence-electron chi connectivity index (χ2n) is 6.59. The zero-order valence-electron chi connectivity index (χ0n) is 16.3. The number of aromatic nitrogens is 3. The van der Waals surface area contributed by atoms with Crippen molar-refractivity contribution in [3.05, 3.63) is 82.0 Å². The van der Waals surface area contributed by atoms with Crippen LogP contribution in [0.5, 0.6) is 5.75 Å². The minimum absolute atomic E-state index is 0.0631. The Hall–Kier alpha value is -3.43. The molecule has 12 heteroatoms. The lowest BCUT2D eigenvalue weighted by molar-refractivity contribution is 0.487. The van der Waals surface area contributed by atoms with Crippen LogP contribution < -0.4 is 14.3 Å². The summed E-state index contributed by atoms with van der Waals surface area (Å²) in [4.78, 5) is 0. The number of halogens is 1. The van der Waals surface area contributed by atoms with Gasteiger partial charge in [-0.25, -0.2) is 4.68 Å². The van der Waals surface area contributed by atoms with E-state index in [2.05, 4.69) is 20.4 Å². The van der Waals surface area contributed by atoms with Crippen LogP contribution in [-0.4, -0.2) is 23.3 Å². The summed E-state index contributed by atoms with van der Waals surface area (Å²) >= 11 is 7.74. The highest BCUT2D eigenvalue weighted by Gasteiger charge is 2.16. The molecule has 0 bridgehead atoms. The Morgan fingerprint density at radius 2 is 1.97 bits per heavy atom. The maximum Gasteiger partial charge on any atom is 0.380 e. The average Bonchev–Trinajstić information content (AvgIpc) is 3.47. The van der Waals surface area contributed by atoms with Gasteiger partial charge in [-0.1, -0.05) is 17.7 Å². The van der Waals surface area contributed by atoms with E-state index in [0.717, 1.165) is 22.4 Å². The van der Waals surface area contributed by atoms with Crippen LogP contribution in [0.25, 0.3) is 11.1 Å². The molecule has 0 unspecified atom stereocenters. The van der Waals surface area contributed by atoms with Crippen molar-refractivity contribution in [2.45, 2.75) is 6.54 Å². The van der Waals surface area contributed by atoms with Crippen LogP contribution in [0.2, 0.25) is 5.02 Å². The van der Waals surface area contributed by atoms with Gasteiger partial charge in [0, 0.05) is 5.56 Å². The third-order valence-electron chi connectivity index (χ3n) is 4.47. The topological polar surface area (TPSA) is 127 Å². The summed E-state index contributed by atoms with van der Waals surface area (Å²) in [6, 6.07) is 14.4. The molecule has 0 aliphatic heterocycles. The summed E-state index contributed by atoms with van der Waals surface area (Å²) in [5.41, 5.74) is 3.85. The molecule has 4 aromatic rings. The van der Waals surface area contributed by atoms with Gasteiger partial charge in [0.15, 0.2) is 5.75 Å². The van der Waals surface area contributed by atoms with Gasteiger partial charge in [-0.05, 0) is 58.3 Å². The van der Waals surface area contributed by atoms with Crippen LogP contribution in [0, 0.1) is 11.3 Å². The number of nitrogens with two attached hydrogens (primary N) is 1. The standard InChI is InChI=1S/C20H15ClN6O3S2/c21-19-7-14(1-4-20(19)30-32(23,28)29)10-27(26-12-24-25-13-26)17-3-2-15(9-22)18(8-17)16-5-6-31-11-16/h1-8,11-13H,10H2,(H2,23,28,29). The largest absolute Gasteiger partial charge is 0.380 e. The SMILES string of the molecule is N#Cc1ccc(N(Cc2ccc(OS(N)(=O)=O)c(Cl)c2)n2cnnc2)cc1-c1ccsc1. The van der Waals surface area contributed by atoms with E-state index in [4.69, 9.17) is 16.7 Å². The molecule has 4 rings (SSSR count). The second kappa shape index (κ2) is 8.97.